The highest BCUT2D eigenvalue weighted by atomic mass is 19.4. The van der Waals surface area contributed by atoms with E-state index >= 15 is 0 Å². The quantitative estimate of drug-likeness (QED) is 0.590. The predicted molar refractivity (Wildman–Crippen MR) is 72.5 cm³/mol. The second-order valence-corrected chi connectivity index (χ2v) is 4.89. The van der Waals surface area contributed by atoms with Crippen LogP contribution in [0.2, 0.25) is 0 Å². The van der Waals surface area contributed by atoms with Crippen molar-refractivity contribution in [1.82, 2.24) is 10.2 Å². The fraction of sp³-hybridized carbons (Fsp3) is 0.571. The van der Waals surface area contributed by atoms with Gasteiger partial charge in [0.05, 0.1) is 18.8 Å². The highest BCUT2D eigenvalue weighted by Gasteiger charge is 2.33. The van der Waals surface area contributed by atoms with Crippen LogP contribution in [0.5, 0.6) is 0 Å². The zero-order chi connectivity index (χ0) is 15.9. The molecule has 0 radical (unpaired) electrons. The molecular weight excluding hydrogens is 288 g/mol. The molecule has 1 aromatic carbocycles. The predicted octanol–water partition coefficient (Wildman–Crippen LogP) is 2.51. The van der Waals surface area contributed by atoms with Crippen LogP contribution in [0.1, 0.15) is 11.1 Å². The van der Waals surface area contributed by atoms with Gasteiger partial charge in [-0.2, -0.15) is 13.2 Å². The van der Waals surface area contributed by atoms with Gasteiger partial charge in [-0.1, -0.05) is 6.07 Å². The zero-order valence-electron chi connectivity index (χ0n) is 12.1. The average Bonchev–Trinajstić information content (AvgIpc) is 2.37. The molecule has 0 heterocycles. The number of hydrogen-bond donors (Lipinski definition) is 1. The van der Waals surface area contributed by atoms with E-state index in [0.29, 0.717) is 25.8 Å². The van der Waals surface area contributed by atoms with E-state index in [2.05, 4.69) is 5.32 Å². The number of ether oxygens (including phenoxy) is 1. The van der Waals surface area contributed by atoms with Gasteiger partial charge < -0.3 is 15.0 Å². The van der Waals surface area contributed by atoms with Crippen molar-refractivity contribution in [3.05, 3.63) is 35.1 Å². The molecule has 0 aliphatic carbocycles. The second kappa shape index (κ2) is 8.31. The molecule has 1 rings (SSSR count). The van der Waals surface area contributed by atoms with E-state index in [1.165, 1.54) is 0 Å². The van der Waals surface area contributed by atoms with Gasteiger partial charge in [0.2, 0.25) is 0 Å². The lowest BCUT2D eigenvalue weighted by Crippen LogP contribution is -2.24. The summed E-state index contributed by atoms with van der Waals surface area (Å²) in [5.74, 6) is -0.891. The number of likely N-dealkylation sites (N-methyl/N-ethyl adjacent to an activating group) is 1. The Kier molecular flexibility index (Phi) is 7.07. The Morgan fingerprint density at radius 3 is 2.52 bits per heavy atom. The molecule has 0 saturated heterocycles. The second-order valence-electron chi connectivity index (χ2n) is 4.89. The normalized spacial score (nSPS) is 12.1. The third kappa shape index (κ3) is 6.88. The van der Waals surface area contributed by atoms with Crippen molar-refractivity contribution in [2.75, 3.05) is 40.4 Å². The van der Waals surface area contributed by atoms with E-state index in [-0.39, 0.29) is 12.1 Å². The summed E-state index contributed by atoms with van der Waals surface area (Å²) in [5.41, 5.74) is -0.916. The molecule has 0 aliphatic rings. The topological polar surface area (TPSA) is 24.5 Å². The summed E-state index contributed by atoms with van der Waals surface area (Å²) < 4.78 is 56.5. The molecule has 0 amide bonds. The lowest BCUT2D eigenvalue weighted by atomic mass is 10.1. The van der Waals surface area contributed by atoms with Crippen LogP contribution >= 0.6 is 0 Å². The molecule has 0 saturated carbocycles. The highest BCUT2D eigenvalue weighted by Crippen LogP contribution is 2.32. The lowest BCUT2D eigenvalue weighted by molar-refractivity contribution is -0.138. The van der Waals surface area contributed by atoms with Crippen molar-refractivity contribution in [2.45, 2.75) is 12.7 Å². The zero-order valence-corrected chi connectivity index (χ0v) is 12.1. The third-order valence-electron chi connectivity index (χ3n) is 2.80. The maximum Gasteiger partial charge on any atom is 0.416 e. The van der Waals surface area contributed by atoms with E-state index in [1.807, 2.05) is 19.0 Å². The summed E-state index contributed by atoms with van der Waals surface area (Å²) in [6.07, 6.45) is -4.55. The number of hydrogen-bond acceptors (Lipinski definition) is 3. The van der Waals surface area contributed by atoms with Crippen molar-refractivity contribution in [2.24, 2.45) is 0 Å². The van der Waals surface area contributed by atoms with Gasteiger partial charge in [-0.3, -0.25) is 0 Å². The van der Waals surface area contributed by atoms with Crippen molar-refractivity contribution >= 4 is 0 Å². The molecule has 0 unspecified atom stereocenters. The van der Waals surface area contributed by atoms with Crippen molar-refractivity contribution in [3.63, 3.8) is 0 Å². The monoisotopic (exact) mass is 308 g/mol. The van der Waals surface area contributed by atoms with Gasteiger partial charge in [-0.15, -0.1) is 0 Å². The van der Waals surface area contributed by atoms with Crippen LogP contribution in [0.4, 0.5) is 17.6 Å². The van der Waals surface area contributed by atoms with Crippen LogP contribution in [0.25, 0.3) is 0 Å². The standard InChI is InChI=1S/C14H20F4N2O/c1-20(2)6-8-21-7-5-19-10-11-3-4-12(15)9-13(11)14(16,17)18/h3-4,9,19H,5-8,10H2,1-2H3. The fourth-order valence-electron chi connectivity index (χ4n) is 1.68. The first-order chi connectivity index (χ1) is 9.80. The highest BCUT2D eigenvalue weighted by molar-refractivity contribution is 5.30. The average molecular weight is 308 g/mol. The number of alkyl halides is 3. The van der Waals surface area contributed by atoms with Crippen LogP contribution in [-0.2, 0) is 17.5 Å². The maximum absolute atomic E-state index is 12.9. The van der Waals surface area contributed by atoms with E-state index in [9.17, 15) is 17.6 Å². The lowest BCUT2D eigenvalue weighted by Gasteiger charge is -2.14. The van der Waals surface area contributed by atoms with Gasteiger partial charge in [0.25, 0.3) is 0 Å². The van der Waals surface area contributed by atoms with Crippen LogP contribution in [-0.4, -0.2) is 45.3 Å². The third-order valence-corrected chi connectivity index (χ3v) is 2.80. The van der Waals surface area contributed by atoms with Crippen LogP contribution in [0, 0.1) is 5.82 Å². The van der Waals surface area contributed by atoms with Crippen LogP contribution in [0.15, 0.2) is 18.2 Å². The first kappa shape index (κ1) is 17.9. The number of benzene rings is 1. The minimum Gasteiger partial charge on any atom is -0.379 e. The minimum atomic E-state index is -4.55. The first-order valence-corrected chi connectivity index (χ1v) is 6.59. The molecule has 1 N–H and O–H groups in total. The van der Waals surface area contributed by atoms with E-state index in [4.69, 9.17) is 4.74 Å². The molecule has 0 fully saturated rings. The molecule has 0 spiro atoms. The first-order valence-electron chi connectivity index (χ1n) is 6.59. The number of nitrogens with one attached hydrogen (secondary N) is 1. The Hall–Kier alpha value is -1.18. The summed E-state index contributed by atoms with van der Waals surface area (Å²) in [7, 11) is 3.85. The van der Waals surface area contributed by atoms with E-state index in [0.717, 1.165) is 18.7 Å². The summed E-state index contributed by atoms with van der Waals surface area (Å²) >= 11 is 0. The number of halogens is 4. The summed E-state index contributed by atoms with van der Waals surface area (Å²) in [4.78, 5) is 1.97. The van der Waals surface area contributed by atoms with Crippen molar-refractivity contribution in [3.8, 4) is 0 Å². The Balaban J connectivity index is 2.39. The summed E-state index contributed by atoms with van der Waals surface area (Å²) in [5, 5.41) is 2.86. The molecular formula is C14H20F4N2O. The van der Waals surface area contributed by atoms with Gasteiger partial charge in [0.15, 0.2) is 0 Å². The molecule has 21 heavy (non-hydrogen) atoms. The summed E-state index contributed by atoms with van der Waals surface area (Å²) in [6.45, 7) is 2.22. The van der Waals surface area contributed by atoms with Gasteiger partial charge >= 0.3 is 6.18 Å². The molecule has 7 heteroatoms. The largest absolute Gasteiger partial charge is 0.416 e. The molecule has 0 atom stereocenters. The Labute approximate surface area is 121 Å². The fourth-order valence-corrected chi connectivity index (χ4v) is 1.68. The van der Waals surface area contributed by atoms with Crippen molar-refractivity contribution in [1.29, 1.82) is 0 Å². The van der Waals surface area contributed by atoms with Gasteiger partial charge in [0.1, 0.15) is 5.82 Å². The van der Waals surface area contributed by atoms with Crippen LogP contribution < -0.4 is 5.32 Å². The minimum absolute atomic E-state index is 0.0200. The Morgan fingerprint density at radius 1 is 1.19 bits per heavy atom. The Bertz CT molecular complexity index is 435. The van der Waals surface area contributed by atoms with Crippen LogP contribution in [0.3, 0.4) is 0 Å². The SMILES string of the molecule is CN(C)CCOCCNCc1ccc(F)cc1C(F)(F)F. The molecule has 0 bridgehead atoms. The number of nitrogens with zero attached hydrogens (tertiary/aromatic N) is 1. The van der Waals surface area contributed by atoms with Gasteiger partial charge in [-0.05, 0) is 31.8 Å². The molecule has 0 aromatic heterocycles. The van der Waals surface area contributed by atoms with Gasteiger partial charge in [0, 0.05) is 19.6 Å². The smallest absolute Gasteiger partial charge is 0.379 e. The van der Waals surface area contributed by atoms with E-state index < -0.39 is 17.6 Å². The summed E-state index contributed by atoms with van der Waals surface area (Å²) in [6, 6.07) is 2.70. The molecule has 1 aromatic rings. The van der Waals surface area contributed by atoms with Gasteiger partial charge in [-0.25, -0.2) is 4.39 Å². The Morgan fingerprint density at radius 2 is 1.90 bits per heavy atom. The molecule has 0 aliphatic heterocycles. The van der Waals surface area contributed by atoms with E-state index in [1.54, 1.807) is 0 Å². The molecule has 120 valence electrons. The maximum atomic E-state index is 12.9. The number of rotatable bonds is 8. The molecule has 3 nitrogen and oxygen atoms in total. The van der Waals surface area contributed by atoms with Crippen molar-refractivity contribution < 1.29 is 22.3 Å².